The Morgan fingerprint density at radius 1 is 1.33 bits per heavy atom. The van der Waals surface area contributed by atoms with Crippen molar-refractivity contribution < 1.29 is 22.7 Å². The van der Waals surface area contributed by atoms with Crippen LogP contribution >= 0.6 is 0 Å². The van der Waals surface area contributed by atoms with E-state index in [1.54, 1.807) is 7.11 Å². The summed E-state index contributed by atoms with van der Waals surface area (Å²) in [5.41, 5.74) is 0.422. The van der Waals surface area contributed by atoms with Gasteiger partial charge in [-0.15, -0.1) is 0 Å². The Kier molecular flexibility index (Phi) is 7.16. The van der Waals surface area contributed by atoms with Crippen molar-refractivity contribution >= 4 is 15.9 Å². The van der Waals surface area contributed by atoms with Gasteiger partial charge in [-0.1, -0.05) is 0 Å². The molecule has 1 saturated heterocycles. The second-order valence-electron chi connectivity index (χ2n) is 5.61. The maximum Gasteiger partial charge on any atom is 0.251 e. The molecule has 1 aliphatic heterocycles. The van der Waals surface area contributed by atoms with Crippen LogP contribution in [-0.4, -0.2) is 53.8 Å². The van der Waals surface area contributed by atoms with Gasteiger partial charge in [0.25, 0.3) is 5.91 Å². The number of hydrogen-bond donors (Lipinski definition) is 2. The summed E-state index contributed by atoms with van der Waals surface area (Å²) in [5, 5.41) is 2.75. The van der Waals surface area contributed by atoms with Gasteiger partial charge in [-0.05, 0) is 43.5 Å². The van der Waals surface area contributed by atoms with E-state index in [1.807, 2.05) is 0 Å². The molecular weight excluding hydrogens is 332 g/mol. The quantitative estimate of drug-likeness (QED) is 0.642. The predicted octanol–water partition coefficient (Wildman–Crippen LogP) is 0.910. The molecule has 1 heterocycles. The van der Waals surface area contributed by atoms with Gasteiger partial charge < -0.3 is 14.8 Å². The van der Waals surface area contributed by atoms with Crippen LogP contribution in [0.2, 0.25) is 0 Å². The highest BCUT2D eigenvalue weighted by Crippen LogP contribution is 2.14. The number of ether oxygens (including phenoxy) is 2. The zero-order valence-electron chi connectivity index (χ0n) is 13.8. The van der Waals surface area contributed by atoms with E-state index in [2.05, 4.69) is 10.0 Å². The lowest BCUT2D eigenvalue weighted by atomic mass is 10.2. The molecule has 1 aromatic carbocycles. The van der Waals surface area contributed by atoms with Crippen LogP contribution in [0.25, 0.3) is 0 Å². The largest absolute Gasteiger partial charge is 0.385 e. The van der Waals surface area contributed by atoms with Crippen molar-refractivity contribution in [3.63, 3.8) is 0 Å². The van der Waals surface area contributed by atoms with Crippen LogP contribution in [0.15, 0.2) is 29.2 Å². The number of carbonyl (C=O) groups excluding carboxylic acids is 1. The van der Waals surface area contributed by atoms with Crippen LogP contribution in [0.3, 0.4) is 0 Å². The van der Waals surface area contributed by atoms with E-state index < -0.39 is 10.0 Å². The third-order valence-electron chi connectivity index (χ3n) is 3.76. The van der Waals surface area contributed by atoms with Crippen molar-refractivity contribution in [3.05, 3.63) is 29.8 Å². The van der Waals surface area contributed by atoms with Crippen molar-refractivity contribution in [1.29, 1.82) is 0 Å². The number of nitrogens with one attached hydrogen (secondary N) is 2. The van der Waals surface area contributed by atoms with Gasteiger partial charge in [0.05, 0.1) is 11.0 Å². The Morgan fingerprint density at radius 2 is 2.08 bits per heavy atom. The Bertz CT molecular complexity index is 624. The Labute approximate surface area is 142 Å². The number of rotatable bonds is 9. The highest BCUT2D eigenvalue weighted by atomic mass is 32.2. The van der Waals surface area contributed by atoms with Crippen molar-refractivity contribution in [1.82, 2.24) is 10.0 Å². The highest BCUT2D eigenvalue weighted by molar-refractivity contribution is 7.89. The molecule has 134 valence electrons. The molecule has 1 atom stereocenters. The van der Waals surface area contributed by atoms with Crippen LogP contribution in [0.4, 0.5) is 0 Å². The summed E-state index contributed by atoms with van der Waals surface area (Å²) >= 11 is 0. The fourth-order valence-electron chi connectivity index (χ4n) is 2.40. The summed E-state index contributed by atoms with van der Waals surface area (Å²) in [4.78, 5) is 12.1. The maximum absolute atomic E-state index is 12.2. The standard InChI is InChI=1S/C16H24N2O5S/c1-22-10-3-9-17-16(19)13-5-7-15(8-6-13)24(20,21)18-12-14-4-2-11-23-14/h5-8,14,18H,2-4,9-12H2,1H3,(H,17,19). The van der Waals surface area contributed by atoms with E-state index in [1.165, 1.54) is 24.3 Å². The van der Waals surface area contributed by atoms with Crippen molar-refractivity contribution in [2.75, 3.05) is 33.4 Å². The lowest BCUT2D eigenvalue weighted by Gasteiger charge is -2.11. The zero-order chi connectivity index (χ0) is 17.4. The number of sulfonamides is 1. The van der Waals surface area contributed by atoms with Gasteiger partial charge in [-0.3, -0.25) is 4.79 Å². The molecule has 0 aromatic heterocycles. The Hall–Kier alpha value is -1.48. The predicted molar refractivity (Wildman–Crippen MR) is 89.4 cm³/mol. The minimum atomic E-state index is -3.59. The average Bonchev–Trinajstić information content (AvgIpc) is 3.10. The normalized spacial score (nSPS) is 17.8. The first-order valence-electron chi connectivity index (χ1n) is 8.01. The van der Waals surface area contributed by atoms with Gasteiger partial charge in [-0.25, -0.2) is 13.1 Å². The molecule has 2 N–H and O–H groups in total. The number of amides is 1. The van der Waals surface area contributed by atoms with Crippen molar-refractivity contribution in [3.8, 4) is 0 Å². The molecule has 0 aliphatic carbocycles. The van der Waals surface area contributed by atoms with Gasteiger partial charge in [-0.2, -0.15) is 0 Å². The molecule has 1 amide bonds. The number of carbonyl (C=O) groups is 1. The summed E-state index contributed by atoms with van der Waals surface area (Å²) in [7, 11) is -1.99. The van der Waals surface area contributed by atoms with Gasteiger partial charge in [0, 0.05) is 39.0 Å². The molecular formula is C16H24N2O5S. The van der Waals surface area contributed by atoms with Crippen molar-refractivity contribution in [2.24, 2.45) is 0 Å². The smallest absolute Gasteiger partial charge is 0.251 e. The molecule has 2 rings (SSSR count). The molecule has 1 unspecified atom stereocenters. The van der Waals surface area contributed by atoms with Crippen LogP contribution in [0, 0.1) is 0 Å². The molecule has 0 radical (unpaired) electrons. The molecule has 0 bridgehead atoms. The summed E-state index contributed by atoms with van der Waals surface area (Å²) in [6.45, 7) is 2.04. The minimum Gasteiger partial charge on any atom is -0.385 e. The van der Waals surface area contributed by atoms with E-state index >= 15 is 0 Å². The lowest BCUT2D eigenvalue weighted by molar-refractivity contribution is 0.0948. The molecule has 1 aromatic rings. The van der Waals surface area contributed by atoms with Gasteiger partial charge in [0.2, 0.25) is 10.0 Å². The van der Waals surface area contributed by atoms with E-state index in [9.17, 15) is 13.2 Å². The van der Waals surface area contributed by atoms with E-state index in [0.29, 0.717) is 25.3 Å². The summed E-state index contributed by atoms with van der Waals surface area (Å²) < 4.78 is 37.3. The molecule has 7 nitrogen and oxygen atoms in total. The lowest BCUT2D eigenvalue weighted by Crippen LogP contribution is -2.32. The molecule has 0 spiro atoms. The Morgan fingerprint density at radius 3 is 2.71 bits per heavy atom. The SMILES string of the molecule is COCCCNC(=O)c1ccc(S(=O)(=O)NCC2CCCO2)cc1. The van der Waals surface area contributed by atoms with E-state index in [4.69, 9.17) is 9.47 Å². The summed E-state index contributed by atoms with van der Waals surface area (Å²) in [6, 6.07) is 5.88. The Balaban J connectivity index is 1.88. The first kappa shape index (κ1) is 18.9. The monoisotopic (exact) mass is 356 g/mol. The molecule has 8 heteroatoms. The van der Waals surface area contributed by atoms with Crippen LogP contribution < -0.4 is 10.0 Å². The number of methoxy groups -OCH3 is 1. The zero-order valence-corrected chi connectivity index (χ0v) is 14.6. The van der Waals surface area contributed by atoms with Gasteiger partial charge in [0.15, 0.2) is 0 Å². The topological polar surface area (TPSA) is 93.7 Å². The fraction of sp³-hybridized carbons (Fsp3) is 0.562. The molecule has 0 saturated carbocycles. The van der Waals surface area contributed by atoms with E-state index in [0.717, 1.165) is 19.3 Å². The third kappa shape index (κ3) is 5.55. The summed E-state index contributed by atoms with van der Waals surface area (Å²) in [5.74, 6) is -0.234. The van der Waals surface area contributed by atoms with Crippen LogP contribution in [-0.2, 0) is 19.5 Å². The van der Waals surface area contributed by atoms with Gasteiger partial charge >= 0.3 is 0 Å². The number of hydrogen-bond acceptors (Lipinski definition) is 5. The second-order valence-corrected chi connectivity index (χ2v) is 7.38. The van der Waals surface area contributed by atoms with Crippen molar-refractivity contribution in [2.45, 2.75) is 30.3 Å². The van der Waals surface area contributed by atoms with Crippen LogP contribution in [0.5, 0.6) is 0 Å². The minimum absolute atomic E-state index is 0.0584. The molecule has 24 heavy (non-hydrogen) atoms. The first-order valence-corrected chi connectivity index (χ1v) is 9.50. The third-order valence-corrected chi connectivity index (χ3v) is 5.20. The molecule has 1 aliphatic rings. The molecule has 1 fully saturated rings. The van der Waals surface area contributed by atoms with E-state index in [-0.39, 0.29) is 23.5 Å². The number of benzene rings is 1. The fourth-order valence-corrected chi connectivity index (χ4v) is 3.46. The van der Waals surface area contributed by atoms with Gasteiger partial charge in [0.1, 0.15) is 0 Å². The summed E-state index contributed by atoms with van der Waals surface area (Å²) in [6.07, 6.45) is 2.49. The average molecular weight is 356 g/mol. The maximum atomic E-state index is 12.2. The highest BCUT2D eigenvalue weighted by Gasteiger charge is 2.20. The van der Waals surface area contributed by atoms with Crippen LogP contribution in [0.1, 0.15) is 29.6 Å². The first-order chi connectivity index (χ1) is 11.5. The second kappa shape index (κ2) is 9.12.